The van der Waals surface area contributed by atoms with E-state index in [0.29, 0.717) is 13.0 Å². The normalized spacial score (nSPS) is 16.1. The summed E-state index contributed by atoms with van der Waals surface area (Å²) in [5.74, 6) is 4.46. The predicted molar refractivity (Wildman–Crippen MR) is 73.3 cm³/mol. The van der Waals surface area contributed by atoms with Crippen molar-refractivity contribution in [1.82, 2.24) is 4.90 Å². The fraction of sp³-hybridized carbons (Fsp3) is 0.833. The lowest BCUT2D eigenvalue weighted by Crippen LogP contribution is -2.37. The first-order valence-corrected chi connectivity index (χ1v) is 6.67. The fourth-order valence-corrected chi connectivity index (χ4v) is 1.77. The molecule has 1 saturated heterocycles. The summed E-state index contributed by atoms with van der Waals surface area (Å²) in [5, 5.41) is 7.21. The number of likely N-dealkylation sites (tertiary alicyclic amines) is 1. The molecule has 7 nitrogen and oxygen atoms in total. The van der Waals surface area contributed by atoms with Crippen molar-refractivity contribution in [2.45, 2.75) is 45.6 Å². The second-order valence-electron chi connectivity index (χ2n) is 4.23. The molecular formula is C12H26N4O3. The molecule has 0 aromatic heterocycles. The maximum atomic E-state index is 10.4. The number of nitrogens with zero attached hydrogens (tertiary/aromatic N) is 1. The van der Waals surface area contributed by atoms with Crippen molar-refractivity contribution in [2.75, 3.05) is 19.7 Å². The summed E-state index contributed by atoms with van der Waals surface area (Å²) in [6.45, 7) is 6.07. The van der Waals surface area contributed by atoms with Crippen LogP contribution < -0.4 is 11.6 Å². The Morgan fingerprint density at radius 1 is 1.32 bits per heavy atom. The van der Waals surface area contributed by atoms with E-state index in [1.54, 1.807) is 0 Å². The molecule has 0 radical (unpaired) electrons. The van der Waals surface area contributed by atoms with Gasteiger partial charge in [0.1, 0.15) is 6.10 Å². The van der Waals surface area contributed by atoms with Crippen LogP contribution in [0.3, 0.4) is 0 Å². The Balaban J connectivity index is 0.000000344. The van der Waals surface area contributed by atoms with Gasteiger partial charge in [-0.25, -0.2) is 5.41 Å². The first-order valence-electron chi connectivity index (χ1n) is 6.67. The van der Waals surface area contributed by atoms with Gasteiger partial charge in [-0.1, -0.05) is 6.92 Å². The van der Waals surface area contributed by atoms with Gasteiger partial charge in [0.15, 0.2) is 0 Å². The Morgan fingerprint density at radius 2 is 1.89 bits per heavy atom. The van der Waals surface area contributed by atoms with E-state index in [1.807, 2.05) is 18.7 Å². The zero-order valence-corrected chi connectivity index (χ0v) is 11.9. The van der Waals surface area contributed by atoms with E-state index in [0.717, 1.165) is 25.9 Å². The standard InChI is InChI=1S/C6H13N3O.C6H13NO2/c7-6(10-8)9-4-2-1-3-5-9;1-3-5(6(7)8)9-4-2/h7H,1-5,8H2;5H,3-4H2,1-2H3,(H2,7,8). The fourth-order valence-electron chi connectivity index (χ4n) is 1.77. The van der Waals surface area contributed by atoms with Crippen LogP contribution >= 0.6 is 0 Å². The van der Waals surface area contributed by atoms with Gasteiger partial charge in [0.2, 0.25) is 5.91 Å². The Labute approximate surface area is 114 Å². The lowest BCUT2D eigenvalue weighted by Gasteiger charge is -2.26. The van der Waals surface area contributed by atoms with Crippen molar-refractivity contribution in [1.29, 1.82) is 5.41 Å². The Kier molecular flexibility index (Phi) is 9.82. The summed E-state index contributed by atoms with van der Waals surface area (Å²) in [6.07, 6.45) is 3.81. The quantitative estimate of drug-likeness (QED) is 0.394. The van der Waals surface area contributed by atoms with Crippen LogP contribution in [0.1, 0.15) is 39.5 Å². The van der Waals surface area contributed by atoms with Gasteiger partial charge in [0, 0.05) is 19.7 Å². The number of carbonyl (C=O) groups excluding carboxylic acids is 1. The molecule has 1 rings (SSSR count). The Hall–Kier alpha value is -1.34. The molecule has 1 fully saturated rings. The van der Waals surface area contributed by atoms with Crippen molar-refractivity contribution in [3.05, 3.63) is 0 Å². The molecule has 0 aliphatic carbocycles. The van der Waals surface area contributed by atoms with E-state index >= 15 is 0 Å². The minimum atomic E-state index is -0.394. The molecule has 0 aromatic rings. The largest absolute Gasteiger partial charge is 0.374 e. The number of ether oxygens (including phenoxy) is 1. The number of amidine groups is 1. The van der Waals surface area contributed by atoms with Crippen molar-refractivity contribution in [2.24, 2.45) is 11.6 Å². The van der Waals surface area contributed by atoms with Crippen LogP contribution in [0.2, 0.25) is 0 Å². The molecule has 7 heteroatoms. The summed E-state index contributed by atoms with van der Waals surface area (Å²) in [6, 6.07) is 0.0969. The predicted octanol–water partition coefficient (Wildman–Crippen LogP) is 0.584. The molecule has 1 unspecified atom stereocenters. The third kappa shape index (κ3) is 7.63. The third-order valence-electron chi connectivity index (χ3n) is 2.81. The smallest absolute Gasteiger partial charge is 0.304 e. The molecule has 112 valence electrons. The number of amides is 1. The van der Waals surface area contributed by atoms with Gasteiger partial charge in [0.25, 0.3) is 0 Å². The van der Waals surface area contributed by atoms with Crippen molar-refractivity contribution < 1.29 is 14.4 Å². The van der Waals surface area contributed by atoms with Crippen LogP contribution in [0, 0.1) is 5.41 Å². The number of hydrogen-bond donors (Lipinski definition) is 3. The molecule has 0 aromatic carbocycles. The summed E-state index contributed by atoms with van der Waals surface area (Å²) in [4.78, 5) is 16.6. The highest BCUT2D eigenvalue weighted by atomic mass is 16.6. The number of primary amides is 1. The second kappa shape index (κ2) is 10.6. The van der Waals surface area contributed by atoms with E-state index in [2.05, 4.69) is 4.84 Å². The summed E-state index contributed by atoms with van der Waals surface area (Å²) in [5.41, 5.74) is 4.97. The first kappa shape index (κ1) is 17.7. The molecule has 0 spiro atoms. The van der Waals surface area contributed by atoms with E-state index in [1.165, 1.54) is 6.42 Å². The average molecular weight is 274 g/mol. The van der Waals surface area contributed by atoms with Gasteiger partial charge in [-0.3, -0.25) is 4.79 Å². The van der Waals surface area contributed by atoms with Crippen LogP contribution in [-0.4, -0.2) is 42.6 Å². The zero-order valence-electron chi connectivity index (χ0n) is 11.9. The van der Waals surface area contributed by atoms with E-state index in [9.17, 15) is 4.79 Å². The first-order chi connectivity index (χ1) is 9.06. The number of piperidine rings is 1. The van der Waals surface area contributed by atoms with Crippen LogP contribution in [0.5, 0.6) is 0 Å². The maximum Gasteiger partial charge on any atom is 0.304 e. The maximum absolute atomic E-state index is 10.4. The number of hydrogen-bond acceptors (Lipinski definition) is 5. The van der Waals surface area contributed by atoms with E-state index < -0.39 is 6.10 Å². The van der Waals surface area contributed by atoms with Crippen molar-refractivity contribution in [3.63, 3.8) is 0 Å². The summed E-state index contributed by atoms with van der Waals surface area (Å²) < 4.78 is 4.98. The Bertz CT molecular complexity index is 268. The van der Waals surface area contributed by atoms with Gasteiger partial charge < -0.3 is 20.2 Å². The van der Waals surface area contributed by atoms with Crippen molar-refractivity contribution >= 4 is 11.9 Å². The average Bonchev–Trinajstić information content (AvgIpc) is 2.45. The van der Waals surface area contributed by atoms with Crippen LogP contribution in [0.4, 0.5) is 0 Å². The molecular weight excluding hydrogens is 248 g/mol. The summed E-state index contributed by atoms with van der Waals surface area (Å²) >= 11 is 0. The molecule has 0 saturated carbocycles. The van der Waals surface area contributed by atoms with Crippen LogP contribution in [0.15, 0.2) is 0 Å². The zero-order chi connectivity index (χ0) is 14.7. The van der Waals surface area contributed by atoms with Gasteiger partial charge >= 0.3 is 6.02 Å². The van der Waals surface area contributed by atoms with Gasteiger partial charge in [-0.2, -0.15) is 5.90 Å². The SMILES string of the molecule is CCOC(CC)C(N)=O.N=C(ON)N1CCCCC1. The molecule has 5 N–H and O–H groups in total. The minimum absolute atomic E-state index is 0.0969. The number of carbonyl (C=O) groups is 1. The van der Waals surface area contributed by atoms with Gasteiger partial charge in [0.05, 0.1) is 0 Å². The molecule has 1 atom stereocenters. The van der Waals surface area contributed by atoms with Crippen LogP contribution in [0.25, 0.3) is 0 Å². The second-order valence-corrected chi connectivity index (χ2v) is 4.23. The number of nitrogens with two attached hydrogens (primary N) is 2. The van der Waals surface area contributed by atoms with E-state index in [-0.39, 0.29) is 11.9 Å². The molecule has 1 aliphatic heterocycles. The molecule has 19 heavy (non-hydrogen) atoms. The lowest BCUT2D eigenvalue weighted by molar-refractivity contribution is -0.129. The minimum Gasteiger partial charge on any atom is -0.374 e. The van der Waals surface area contributed by atoms with E-state index in [4.69, 9.17) is 21.8 Å². The summed E-state index contributed by atoms with van der Waals surface area (Å²) in [7, 11) is 0. The molecule has 1 heterocycles. The Morgan fingerprint density at radius 3 is 2.21 bits per heavy atom. The van der Waals surface area contributed by atoms with Crippen LogP contribution in [-0.2, 0) is 14.4 Å². The monoisotopic (exact) mass is 274 g/mol. The molecule has 1 amide bonds. The highest BCUT2D eigenvalue weighted by Gasteiger charge is 2.13. The molecule has 0 bridgehead atoms. The van der Waals surface area contributed by atoms with Gasteiger partial charge in [-0.05, 0) is 32.6 Å². The topological polar surface area (TPSA) is 115 Å². The highest BCUT2D eigenvalue weighted by Crippen LogP contribution is 2.08. The number of nitrogens with one attached hydrogen (secondary N) is 1. The third-order valence-corrected chi connectivity index (χ3v) is 2.81. The van der Waals surface area contributed by atoms with Crippen molar-refractivity contribution in [3.8, 4) is 0 Å². The highest BCUT2D eigenvalue weighted by molar-refractivity contribution is 5.78. The van der Waals surface area contributed by atoms with Gasteiger partial charge in [-0.15, -0.1) is 0 Å². The lowest BCUT2D eigenvalue weighted by atomic mass is 10.1. The number of rotatable bonds is 4. The molecule has 1 aliphatic rings.